The molecule has 0 fully saturated rings. The Morgan fingerprint density at radius 1 is 1.38 bits per heavy atom. The molecule has 1 aromatic rings. The lowest BCUT2D eigenvalue weighted by Gasteiger charge is -2.11. The molecule has 1 amide bonds. The van der Waals surface area contributed by atoms with E-state index >= 15 is 0 Å². The van der Waals surface area contributed by atoms with Crippen LogP contribution in [0.15, 0.2) is 18.2 Å². The molecule has 7 heteroatoms. The van der Waals surface area contributed by atoms with Crippen LogP contribution in [0.25, 0.3) is 0 Å². The molecule has 0 aliphatic carbocycles. The summed E-state index contributed by atoms with van der Waals surface area (Å²) < 4.78 is 44.0. The molecule has 0 aliphatic heterocycles. The number of benzene rings is 1. The zero-order chi connectivity index (χ0) is 12.3. The van der Waals surface area contributed by atoms with Gasteiger partial charge in [-0.3, -0.25) is 4.79 Å². The van der Waals surface area contributed by atoms with Crippen LogP contribution >= 0.6 is 0 Å². The van der Waals surface area contributed by atoms with E-state index in [1.807, 2.05) is 0 Å². The normalized spacial score (nSPS) is 11.0. The topological polar surface area (TPSA) is 61.6 Å². The number of carbonyl (C=O) groups is 1. The Balaban J connectivity index is 3.07. The van der Waals surface area contributed by atoms with Gasteiger partial charge in [-0.05, 0) is 18.2 Å². The maximum Gasteiger partial charge on any atom is 0.573 e. The zero-order valence-corrected chi connectivity index (χ0v) is 8.17. The van der Waals surface area contributed by atoms with Gasteiger partial charge in [-0.15, -0.1) is 13.2 Å². The van der Waals surface area contributed by atoms with Gasteiger partial charge in [0.2, 0.25) is 0 Å². The maximum atomic E-state index is 11.9. The van der Waals surface area contributed by atoms with Gasteiger partial charge in [0.25, 0.3) is 5.91 Å². The van der Waals surface area contributed by atoms with Crippen molar-refractivity contribution in [2.75, 3.05) is 7.11 Å². The average Bonchev–Trinajstić information content (AvgIpc) is 2.15. The third-order valence-corrected chi connectivity index (χ3v) is 1.67. The Morgan fingerprint density at radius 3 is 2.44 bits per heavy atom. The highest BCUT2D eigenvalue weighted by Crippen LogP contribution is 2.27. The summed E-state index contributed by atoms with van der Waals surface area (Å²) in [5.41, 5.74) is 4.79. The number of rotatable bonds is 3. The van der Waals surface area contributed by atoms with Crippen molar-refractivity contribution in [2.24, 2.45) is 5.73 Å². The predicted octanol–water partition coefficient (Wildman–Crippen LogP) is 1.69. The molecule has 0 saturated heterocycles. The first kappa shape index (κ1) is 12.2. The summed E-state index contributed by atoms with van der Waals surface area (Å²) in [7, 11) is 1.27. The van der Waals surface area contributed by atoms with E-state index in [9.17, 15) is 18.0 Å². The van der Waals surface area contributed by atoms with E-state index in [1.165, 1.54) is 13.2 Å². The third-order valence-electron chi connectivity index (χ3n) is 1.67. The van der Waals surface area contributed by atoms with Crippen LogP contribution in [0.3, 0.4) is 0 Å². The lowest BCUT2D eigenvalue weighted by Crippen LogP contribution is -2.18. The second-order valence-electron chi connectivity index (χ2n) is 2.77. The van der Waals surface area contributed by atoms with Gasteiger partial charge in [-0.1, -0.05) is 0 Å². The number of carbonyl (C=O) groups excluding carboxylic acids is 1. The number of hydrogen-bond donors (Lipinski definition) is 1. The molecule has 0 unspecified atom stereocenters. The van der Waals surface area contributed by atoms with E-state index in [0.29, 0.717) is 0 Å². The first-order chi connectivity index (χ1) is 7.33. The van der Waals surface area contributed by atoms with Crippen LogP contribution in [-0.2, 0) is 0 Å². The van der Waals surface area contributed by atoms with Gasteiger partial charge >= 0.3 is 6.36 Å². The van der Waals surface area contributed by atoms with Crippen molar-refractivity contribution in [1.29, 1.82) is 0 Å². The molecule has 0 aromatic heterocycles. The maximum absolute atomic E-state index is 11.9. The summed E-state index contributed by atoms with van der Waals surface area (Å²) in [5, 5.41) is 0. The fourth-order valence-electron chi connectivity index (χ4n) is 1.08. The molecular weight excluding hydrogens is 227 g/mol. The second-order valence-corrected chi connectivity index (χ2v) is 2.77. The molecule has 16 heavy (non-hydrogen) atoms. The molecule has 0 bridgehead atoms. The van der Waals surface area contributed by atoms with Crippen LogP contribution in [0.2, 0.25) is 0 Å². The first-order valence-electron chi connectivity index (χ1n) is 4.07. The predicted molar refractivity (Wildman–Crippen MR) is 48.2 cm³/mol. The second kappa shape index (κ2) is 4.30. The van der Waals surface area contributed by atoms with Gasteiger partial charge < -0.3 is 15.2 Å². The van der Waals surface area contributed by atoms with Crippen molar-refractivity contribution in [2.45, 2.75) is 6.36 Å². The summed E-state index contributed by atoms with van der Waals surface area (Å²) in [4.78, 5) is 10.9. The summed E-state index contributed by atoms with van der Waals surface area (Å²) in [6.45, 7) is 0. The number of alkyl halides is 3. The lowest BCUT2D eigenvalue weighted by atomic mass is 10.2. The molecule has 0 aliphatic rings. The number of amides is 1. The van der Waals surface area contributed by atoms with E-state index in [4.69, 9.17) is 10.5 Å². The van der Waals surface area contributed by atoms with Gasteiger partial charge in [0, 0.05) is 0 Å². The van der Waals surface area contributed by atoms with E-state index in [2.05, 4.69) is 4.74 Å². The van der Waals surface area contributed by atoms with Crippen LogP contribution in [0.4, 0.5) is 13.2 Å². The van der Waals surface area contributed by atoms with Gasteiger partial charge in [-0.2, -0.15) is 0 Å². The van der Waals surface area contributed by atoms with Crippen molar-refractivity contribution in [3.05, 3.63) is 23.8 Å². The SMILES string of the molecule is COc1ccc(OC(F)(F)F)cc1C(N)=O. The average molecular weight is 235 g/mol. The largest absolute Gasteiger partial charge is 0.573 e. The minimum atomic E-state index is -4.82. The van der Waals surface area contributed by atoms with E-state index in [1.54, 1.807) is 0 Å². The van der Waals surface area contributed by atoms with Crippen LogP contribution in [-0.4, -0.2) is 19.4 Å². The summed E-state index contributed by atoms with van der Waals surface area (Å²) in [5.74, 6) is -1.34. The Bertz CT molecular complexity index is 403. The number of nitrogens with two attached hydrogens (primary N) is 1. The van der Waals surface area contributed by atoms with Crippen molar-refractivity contribution < 1.29 is 27.4 Å². The van der Waals surface area contributed by atoms with E-state index in [0.717, 1.165) is 12.1 Å². The molecule has 0 heterocycles. The van der Waals surface area contributed by atoms with Crippen LogP contribution in [0.5, 0.6) is 11.5 Å². The number of primary amides is 1. The molecular formula is C9H8F3NO3. The number of methoxy groups -OCH3 is 1. The molecule has 1 aromatic carbocycles. The fraction of sp³-hybridized carbons (Fsp3) is 0.222. The highest BCUT2D eigenvalue weighted by atomic mass is 19.4. The summed E-state index contributed by atoms with van der Waals surface area (Å²) in [6.07, 6.45) is -4.82. The van der Waals surface area contributed by atoms with Crippen molar-refractivity contribution in [3.63, 3.8) is 0 Å². The lowest BCUT2D eigenvalue weighted by molar-refractivity contribution is -0.274. The van der Waals surface area contributed by atoms with Crippen molar-refractivity contribution >= 4 is 5.91 Å². The van der Waals surface area contributed by atoms with E-state index in [-0.39, 0.29) is 11.3 Å². The molecule has 0 atom stereocenters. The van der Waals surface area contributed by atoms with Crippen molar-refractivity contribution in [3.8, 4) is 11.5 Å². The number of ether oxygens (including phenoxy) is 2. The van der Waals surface area contributed by atoms with Gasteiger partial charge in [0.15, 0.2) is 0 Å². The third kappa shape index (κ3) is 3.04. The van der Waals surface area contributed by atoms with Gasteiger partial charge in [0.05, 0.1) is 12.7 Å². The smallest absolute Gasteiger partial charge is 0.496 e. The van der Waals surface area contributed by atoms with Gasteiger partial charge in [-0.25, -0.2) is 0 Å². The molecule has 4 nitrogen and oxygen atoms in total. The monoisotopic (exact) mass is 235 g/mol. The van der Waals surface area contributed by atoms with Crippen LogP contribution in [0, 0.1) is 0 Å². The van der Waals surface area contributed by atoms with Crippen LogP contribution < -0.4 is 15.2 Å². The summed E-state index contributed by atoms with van der Waals surface area (Å²) in [6, 6.07) is 3.06. The van der Waals surface area contributed by atoms with Crippen molar-refractivity contribution in [1.82, 2.24) is 0 Å². The standard InChI is InChI=1S/C9H8F3NO3/c1-15-7-3-2-5(16-9(10,11)12)4-6(7)8(13)14/h2-4H,1H3,(H2,13,14). The highest BCUT2D eigenvalue weighted by Gasteiger charge is 2.31. The molecule has 0 radical (unpaired) electrons. The minimum absolute atomic E-state index is 0.0852. The molecule has 1 rings (SSSR count). The Labute approximate surface area is 88.8 Å². The quantitative estimate of drug-likeness (QED) is 0.867. The van der Waals surface area contributed by atoms with Crippen LogP contribution in [0.1, 0.15) is 10.4 Å². The Morgan fingerprint density at radius 2 is 2.00 bits per heavy atom. The summed E-state index contributed by atoms with van der Waals surface area (Å²) >= 11 is 0. The molecule has 88 valence electrons. The number of hydrogen-bond acceptors (Lipinski definition) is 3. The molecule has 2 N–H and O–H groups in total. The number of halogens is 3. The Kier molecular flexibility index (Phi) is 3.26. The fourth-order valence-corrected chi connectivity index (χ4v) is 1.08. The van der Waals surface area contributed by atoms with E-state index < -0.39 is 18.0 Å². The first-order valence-corrected chi connectivity index (χ1v) is 4.07. The highest BCUT2D eigenvalue weighted by molar-refractivity contribution is 5.96. The molecule has 0 spiro atoms. The minimum Gasteiger partial charge on any atom is -0.496 e. The molecule has 0 saturated carbocycles. The zero-order valence-electron chi connectivity index (χ0n) is 8.17. The Hall–Kier alpha value is -1.92. The van der Waals surface area contributed by atoms with Gasteiger partial charge in [0.1, 0.15) is 11.5 Å².